The summed E-state index contributed by atoms with van der Waals surface area (Å²) in [5.41, 5.74) is 5.61. The van der Waals surface area contributed by atoms with Crippen molar-refractivity contribution in [1.29, 1.82) is 0 Å². The molecule has 0 bridgehead atoms. The summed E-state index contributed by atoms with van der Waals surface area (Å²) in [6, 6.07) is 2.36. The maximum atomic E-state index is 13.6. The van der Waals surface area contributed by atoms with E-state index in [2.05, 4.69) is 20.8 Å². The number of nitrogen functional groups attached to an aromatic ring is 1. The highest BCUT2D eigenvalue weighted by atomic mass is 79.9. The summed E-state index contributed by atoms with van der Waals surface area (Å²) < 4.78 is 37.0. The van der Waals surface area contributed by atoms with Crippen LogP contribution >= 0.6 is 15.9 Å². The summed E-state index contributed by atoms with van der Waals surface area (Å²) in [7, 11) is -0.978. The van der Waals surface area contributed by atoms with Gasteiger partial charge in [-0.05, 0) is 28.1 Å². The first kappa shape index (κ1) is 13.4. The Hall–Kier alpha value is -0.700. The first-order chi connectivity index (χ1) is 7.24. The lowest BCUT2D eigenvalue weighted by Gasteiger charge is -2.13. The standard InChI is InChI=1S/C8H11BrFN3O2S/c1-13(2)12-16(14,15)7-4-5(11)3-6(9)8(7)10/h3-4,12H,11H2,1-2H3. The fraction of sp³-hybridized carbons (Fsp3) is 0.250. The fourth-order valence-electron chi connectivity index (χ4n) is 1.07. The molecular weight excluding hydrogens is 301 g/mol. The van der Waals surface area contributed by atoms with Gasteiger partial charge in [-0.15, -0.1) is 4.83 Å². The number of rotatable bonds is 3. The largest absolute Gasteiger partial charge is 0.399 e. The average molecular weight is 312 g/mol. The molecule has 0 aromatic heterocycles. The Morgan fingerprint density at radius 1 is 1.44 bits per heavy atom. The second kappa shape index (κ2) is 4.66. The number of nitrogens with one attached hydrogen (secondary N) is 1. The molecule has 0 atom stereocenters. The summed E-state index contributed by atoms with van der Waals surface area (Å²) in [5, 5.41) is 1.20. The van der Waals surface area contributed by atoms with Crippen molar-refractivity contribution in [3.8, 4) is 0 Å². The van der Waals surface area contributed by atoms with Crippen LogP contribution in [0.15, 0.2) is 21.5 Å². The van der Waals surface area contributed by atoms with Crippen molar-refractivity contribution < 1.29 is 12.8 Å². The zero-order valence-electron chi connectivity index (χ0n) is 8.66. The minimum atomic E-state index is -3.94. The van der Waals surface area contributed by atoms with Gasteiger partial charge in [-0.3, -0.25) is 0 Å². The van der Waals surface area contributed by atoms with E-state index in [1.165, 1.54) is 25.2 Å². The van der Waals surface area contributed by atoms with Gasteiger partial charge < -0.3 is 5.73 Å². The first-order valence-corrected chi connectivity index (χ1v) is 6.46. The first-order valence-electron chi connectivity index (χ1n) is 4.18. The van der Waals surface area contributed by atoms with Crippen LogP contribution in [0.25, 0.3) is 0 Å². The number of halogens is 2. The van der Waals surface area contributed by atoms with Crippen molar-refractivity contribution >= 4 is 31.6 Å². The van der Waals surface area contributed by atoms with Crippen LogP contribution in [0.5, 0.6) is 0 Å². The molecule has 3 N–H and O–H groups in total. The molecule has 1 rings (SSSR count). The summed E-state index contributed by atoms with van der Waals surface area (Å²) in [5.74, 6) is -0.872. The van der Waals surface area contributed by atoms with Crippen molar-refractivity contribution in [2.75, 3.05) is 19.8 Å². The highest BCUT2D eigenvalue weighted by molar-refractivity contribution is 9.10. The lowest BCUT2D eigenvalue weighted by atomic mass is 10.3. The molecule has 0 aliphatic rings. The van der Waals surface area contributed by atoms with E-state index in [-0.39, 0.29) is 10.2 Å². The molecule has 8 heteroatoms. The molecule has 0 heterocycles. The summed E-state index contributed by atoms with van der Waals surface area (Å²) in [4.78, 5) is 1.63. The van der Waals surface area contributed by atoms with Crippen molar-refractivity contribution in [3.05, 3.63) is 22.4 Å². The van der Waals surface area contributed by atoms with E-state index in [1.54, 1.807) is 0 Å². The quantitative estimate of drug-likeness (QED) is 0.643. The summed E-state index contributed by atoms with van der Waals surface area (Å²) in [6.07, 6.45) is 0. The Balaban J connectivity index is 3.33. The molecule has 0 spiro atoms. The lowest BCUT2D eigenvalue weighted by Crippen LogP contribution is -2.36. The number of nitrogens with zero attached hydrogens (tertiary/aromatic N) is 1. The molecule has 0 saturated carbocycles. The Bertz CT molecular complexity index is 504. The van der Waals surface area contributed by atoms with Gasteiger partial charge in [0.05, 0.1) is 4.47 Å². The Morgan fingerprint density at radius 3 is 2.50 bits per heavy atom. The van der Waals surface area contributed by atoms with Gasteiger partial charge >= 0.3 is 0 Å². The number of anilines is 1. The number of nitrogens with two attached hydrogens (primary N) is 1. The molecule has 1 aromatic rings. The monoisotopic (exact) mass is 311 g/mol. The van der Waals surface area contributed by atoms with Crippen LogP contribution < -0.4 is 10.6 Å². The predicted molar refractivity (Wildman–Crippen MR) is 62.5 cm³/mol. The number of hydrogen-bond donors (Lipinski definition) is 2. The zero-order valence-corrected chi connectivity index (χ0v) is 11.1. The molecule has 0 radical (unpaired) electrons. The second-order valence-electron chi connectivity index (χ2n) is 3.30. The fourth-order valence-corrected chi connectivity index (χ4v) is 2.89. The van der Waals surface area contributed by atoms with E-state index >= 15 is 0 Å². The van der Waals surface area contributed by atoms with E-state index < -0.39 is 20.7 Å². The zero-order chi connectivity index (χ0) is 12.5. The third-order valence-electron chi connectivity index (χ3n) is 1.61. The van der Waals surface area contributed by atoms with Crippen molar-refractivity contribution in [3.63, 3.8) is 0 Å². The van der Waals surface area contributed by atoms with E-state index in [9.17, 15) is 12.8 Å². The highest BCUT2D eigenvalue weighted by Gasteiger charge is 2.22. The van der Waals surface area contributed by atoms with Gasteiger partial charge in [0.25, 0.3) is 10.0 Å². The molecule has 0 saturated heterocycles. The third-order valence-corrected chi connectivity index (χ3v) is 3.67. The minimum absolute atomic E-state index is 0.00614. The Labute approximate surface area is 102 Å². The van der Waals surface area contributed by atoms with Gasteiger partial charge in [-0.1, -0.05) is 0 Å². The molecule has 0 unspecified atom stereocenters. The van der Waals surface area contributed by atoms with Crippen LogP contribution in [0.2, 0.25) is 0 Å². The van der Waals surface area contributed by atoms with Crippen LogP contribution in [-0.4, -0.2) is 27.5 Å². The molecule has 0 aliphatic carbocycles. The molecule has 0 amide bonds. The minimum Gasteiger partial charge on any atom is -0.399 e. The topological polar surface area (TPSA) is 75.4 Å². The van der Waals surface area contributed by atoms with Gasteiger partial charge in [0.15, 0.2) is 5.82 Å². The number of hydrazine groups is 1. The lowest BCUT2D eigenvalue weighted by molar-refractivity contribution is 0.362. The van der Waals surface area contributed by atoms with E-state index in [1.807, 2.05) is 0 Å². The summed E-state index contributed by atoms with van der Waals surface area (Å²) in [6.45, 7) is 0. The Morgan fingerprint density at radius 2 is 2.00 bits per heavy atom. The number of hydrogen-bond acceptors (Lipinski definition) is 4. The van der Waals surface area contributed by atoms with Crippen molar-refractivity contribution in [2.45, 2.75) is 4.90 Å². The maximum absolute atomic E-state index is 13.6. The highest BCUT2D eigenvalue weighted by Crippen LogP contribution is 2.25. The molecule has 0 fully saturated rings. The molecule has 90 valence electrons. The van der Waals surface area contributed by atoms with Crippen LogP contribution in [0.3, 0.4) is 0 Å². The van der Waals surface area contributed by atoms with Gasteiger partial charge in [0, 0.05) is 19.8 Å². The third kappa shape index (κ3) is 2.91. The maximum Gasteiger partial charge on any atom is 0.256 e. The van der Waals surface area contributed by atoms with Crippen LogP contribution in [0.4, 0.5) is 10.1 Å². The molecule has 16 heavy (non-hydrogen) atoms. The van der Waals surface area contributed by atoms with E-state index in [0.29, 0.717) is 0 Å². The van der Waals surface area contributed by atoms with Gasteiger partial charge in [-0.25, -0.2) is 17.8 Å². The van der Waals surface area contributed by atoms with Gasteiger partial charge in [0.1, 0.15) is 4.90 Å². The van der Waals surface area contributed by atoms with E-state index in [0.717, 1.165) is 6.07 Å². The Kier molecular flexibility index (Phi) is 3.89. The SMILES string of the molecule is CN(C)NS(=O)(=O)c1cc(N)cc(Br)c1F. The normalized spacial score (nSPS) is 12.1. The molecule has 5 nitrogen and oxygen atoms in total. The predicted octanol–water partition coefficient (Wildman–Crippen LogP) is 0.925. The number of benzene rings is 1. The van der Waals surface area contributed by atoms with Crippen LogP contribution in [0, 0.1) is 5.82 Å². The second-order valence-corrected chi connectivity index (χ2v) is 5.79. The smallest absolute Gasteiger partial charge is 0.256 e. The average Bonchev–Trinajstić information content (AvgIpc) is 2.08. The van der Waals surface area contributed by atoms with Crippen molar-refractivity contribution in [1.82, 2.24) is 9.84 Å². The van der Waals surface area contributed by atoms with E-state index in [4.69, 9.17) is 5.73 Å². The molecule has 0 aliphatic heterocycles. The molecular formula is C8H11BrFN3O2S. The van der Waals surface area contributed by atoms with Crippen LogP contribution in [-0.2, 0) is 10.0 Å². The van der Waals surface area contributed by atoms with Gasteiger partial charge in [0.2, 0.25) is 0 Å². The van der Waals surface area contributed by atoms with Crippen LogP contribution in [0.1, 0.15) is 0 Å². The molecule has 1 aromatic carbocycles. The van der Waals surface area contributed by atoms with Crippen molar-refractivity contribution in [2.24, 2.45) is 0 Å². The summed E-state index contributed by atoms with van der Waals surface area (Å²) >= 11 is 2.89. The van der Waals surface area contributed by atoms with Gasteiger partial charge in [-0.2, -0.15) is 0 Å². The number of sulfonamides is 1.